The van der Waals surface area contributed by atoms with Crippen molar-refractivity contribution in [1.82, 2.24) is 10.0 Å². The Bertz CT molecular complexity index is 586. The Morgan fingerprint density at radius 1 is 1.37 bits per heavy atom. The lowest BCUT2D eigenvalue weighted by atomic mass is 10.2. The predicted molar refractivity (Wildman–Crippen MR) is 68.4 cm³/mol. The van der Waals surface area contributed by atoms with E-state index in [0.29, 0.717) is 18.8 Å². The molecule has 0 fully saturated rings. The van der Waals surface area contributed by atoms with Crippen LogP contribution in [-0.2, 0) is 16.4 Å². The van der Waals surface area contributed by atoms with Crippen LogP contribution in [0.25, 0.3) is 0 Å². The van der Waals surface area contributed by atoms with Crippen molar-refractivity contribution in [3.05, 3.63) is 23.8 Å². The lowest BCUT2D eigenvalue weighted by Crippen LogP contribution is -2.37. The summed E-state index contributed by atoms with van der Waals surface area (Å²) in [6, 6.07) is 4.33. The van der Waals surface area contributed by atoms with Gasteiger partial charge in [-0.15, -0.1) is 0 Å². The molecule has 19 heavy (non-hydrogen) atoms. The molecular weight excluding hydrogens is 270 g/mol. The zero-order valence-corrected chi connectivity index (χ0v) is 11.0. The summed E-state index contributed by atoms with van der Waals surface area (Å²) in [5.41, 5.74) is 5.77. The highest BCUT2D eigenvalue weighted by atomic mass is 32.2. The maximum atomic E-state index is 12.1. The number of rotatable bonds is 5. The Morgan fingerprint density at radius 2 is 2.16 bits per heavy atom. The van der Waals surface area contributed by atoms with Gasteiger partial charge in [-0.2, -0.15) is 0 Å². The molecule has 7 nitrogen and oxygen atoms in total. The van der Waals surface area contributed by atoms with E-state index in [-0.39, 0.29) is 18.0 Å². The maximum Gasteiger partial charge on any atom is 0.312 e. The number of nitrogens with two attached hydrogens (primary N) is 1. The van der Waals surface area contributed by atoms with Gasteiger partial charge < -0.3 is 15.8 Å². The van der Waals surface area contributed by atoms with Crippen LogP contribution in [-0.4, -0.2) is 34.1 Å². The normalized spacial score (nSPS) is 13.7. The third kappa shape index (κ3) is 3.15. The summed E-state index contributed by atoms with van der Waals surface area (Å²) >= 11 is 0. The number of amides is 2. The number of carbonyl (C=O) groups excluding carboxylic acids is 1. The number of sulfonamides is 1. The van der Waals surface area contributed by atoms with E-state index in [1.165, 1.54) is 6.07 Å². The lowest BCUT2D eigenvalue weighted by molar-refractivity contribution is 0.249. The number of hydrogen-bond acceptors (Lipinski definition) is 4. The molecule has 2 rings (SSSR count). The van der Waals surface area contributed by atoms with Gasteiger partial charge in [-0.25, -0.2) is 17.9 Å². The fourth-order valence-electron chi connectivity index (χ4n) is 1.85. The summed E-state index contributed by atoms with van der Waals surface area (Å²) in [6.07, 6.45) is 0.710. The van der Waals surface area contributed by atoms with E-state index >= 15 is 0 Å². The molecule has 1 aliphatic heterocycles. The molecule has 104 valence electrons. The fourth-order valence-corrected chi connectivity index (χ4v) is 3.06. The average molecular weight is 285 g/mol. The quantitative estimate of drug-likeness (QED) is 0.637. The zero-order chi connectivity index (χ0) is 13.9. The van der Waals surface area contributed by atoms with Crippen molar-refractivity contribution < 1.29 is 17.9 Å². The molecule has 1 aromatic carbocycles. The highest BCUT2D eigenvalue weighted by Crippen LogP contribution is 2.32. The molecule has 0 unspecified atom stereocenters. The van der Waals surface area contributed by atoms with Crippen LogP contribution in [0.3, 0.4) is 0 Å². The summed E-state index contributed by atoms with van der Waals surface area (Å²) in [5, 5.41) is 2.30. The summed E-state index contributed by atoms with van der Waals surface area (Å²) in [6.45, 7) is 0.685. The number of fused-ring (bicyclic) bond motifs is 1. The maximum absolute atomic E-state index is 12.1. The topological polar surface area (TPSA) is 111 Å². The Labute approximate surface area is 111 Å². The first-order valence-corrected chi connectivity index (χ1v) is 7.27. The fraction of sp³-hybridized carbons (Fsp3) is 0.364. The van der Waals surface area contributed by atoms with Crippen LogP contribution in [0.1, 0.15) is 5.56 Å². The minimum atomic E-state index is -3.65. The molecule has 0 spiro atoms. The van der Waals surface area contributed by atoms with E-state index in [2.05, 4.69) is 10.0 Å². The number of ether oxygens (including phenoxy) is 1. The van der Waals surface area contributed by atoms with Crippen molar-refractivity contribution in [1.29, 1.82) is 0 Å². The van der Waals surface area contributed by atoms with Crippen LogP contribution in [0.5, 0.6) is 5.75 Å². The number of primary amides is 1. The molecule has 0 bridgehead atoms. The first kappa shape index (κ1) is 13.6. The molecule has 0 atom stereocenters. The minimum absolute atomic E-state index is 0.0644. The van der Waals surface area contributed by atoms with Gasteiger partial charge in [0.2, 0.25) is 10.0 Å². The zero-order valence-electron chi connectivity index (χ0n) is 10.2. The molecule has 8 heteroatoms. The first-order valence-electron chi connectivity index (χ1n) is 5.78. The first-order chi connectivity index (χ1) is 9.00. The molecule has 0 aliphatic carbocycles. The highest BCUT2D eigenvalue weighted by Gasteiger charge is 2.24. The molecule has 4 N–H and O–H groups in total. The molecule has 1 aliphatic rings. The minimum Gasteiger partial charge on any atom is -0.492 e. The molecule has 0 saturated carbocycles. The molecule has 0 aromatic heterocycles. The van der Waals surface area contributed by atoms with Crippen molar-refractivity contribution in [2.45, 2.75) is 11.3 Å². The van der Waals surface area contributed by atoms with Crippen molar-refractivity contribution in [3.8, 4) is 5.75 Å². The van der Waals surface area contributed by atoms with Crippen LogP contribution in [0, 0.1) is 0 Å². The van der Waals surface area contributed by atoms with E-state index in [1.54, 1.807) is 6.07 Å². The van der Waals surface area contributed by atoms with Gasteiger partial charge in [0.15, 0.2) is 0 Å². The van der Waals surface area contributed by atoms with Crippen LogP contribution < -0.4 is 20.5 Å². The number of urea groups is 1. The SMILES string of the molecule is NC(=O)NCCNS(=O)(=O)c1cccc2c1OCC2. The van der Waals surface area contributed by atoms with Gasteiger partial charge in [0, 0.05) is 19.5 Å². The third-order valence-corrected chi connectivity index (χ3v) is 4.17. The summed E-state index contributed by atoms with van der Waals surface area (Å²) < 4.78 is 31.9. The second-order valence-electron chi connectivity index (χ2n) is 4.03. The predicted octanol–water partition coefficient (Wildman–Crippen LogP) is -0.432. The number of hydrogen-bond donors (Lipinski definition) is 3. The second-order valence-corrected chi connectivity index (χ2v) is 5.77. The standard InChI is InChI=1S/C11H15N3O4S/c12-11(15)13-5-6-14-19(16,17)9-3-1-2-8-4-7-18-10(8)9/h1-3,14H,4-7H2,(H3,12,13,15). The van der Waals surface area contributed by atoms with Crippen molar-refractivity contribution >= 4 is 16.1 Å². The van der Waals surface area contributed by atoms with Gasteiger partial charge >= 0.3 is 6.03 Å². The molecular formula is C11H15N3O4S. The molecule has 2 amide bonds. The van der Waals surface area contributed by atoms with Gasteiger partial charge in [0.1, 0.15) is 10.6 Å². The van der Waals surface area contributed by atoms with Gasteiger partial charge in [-0.05, 0) is 11.6 Å². The van der Waals surface area contributed by atoms with Crippen LogP contribution in [0.2, 0.25) is 0 Å². The van der Waals surface area contributed by atoms with Crippen molar-refractivity contribution in [2.75, 3.05) is 19.7 Å². The van der Waals surface area contributed by atoms with Crippen molar-refractivity contribution in [3.63, 3.8) is 0 Å². The van der Waals surface area contributed by atoms with E-state index in [9.17, 15) is 13.2 Å². The smallest absolute Gasteiger partial charge is 0.312 e. The van der Waals surface area contributed by atoms with E-state index < -0.39 is 16.1 Å². The van der Waals surface area contributed by atoms with Gasteiger partial charge in [0.05, 0.1) is 6.61 Å². The Morgan fingerprint density at radius 3 is 2.89 bits per heavy atom. The highest BCUT2D eigenvalue weighted by molar-refractivity contribution is 7.89. The van der Waals surface area contributed by atoms with Crippen LogP contribution in [0.4, 0.5) is 4.79 Å². The molecule has 0 radical (unpaired) electrons. The number of para-hydroxylation sites is 1. The monoisotopic (exact) mass is 285 g/mol. The number of nitrogens with one attached hydrogen (secondary N) is 2. The van der Waals surface area contributed by atoms with Crippen molar-refractivity contribution in [2.24, 2.45) is 5.73 Å². The third-order valence-electron chi connectivity index (χ3n) is 2.68. The molecule has 1 aromatic rings. The number of carbonyl (C=O) groups is 1. The van der Waals surface area contributed by atoms with Crippen LogP contribution >= 0.6 is 0 Å². The second kappa shape index (κ2) is 5.45. The van der Waals surface area contributed by atoms with Gasteiger partial charge in [0.25, 0.3) is 0 Å². The Hall–Kier alpha value is -1.80. The lowest BCUT2D eigenvalue weighted by Gasteiger charge is -2.10. The summed E-state index contributed by atoms with van der Waals surface area (Å²) in [7, 11) is -3.65. The van der Waals surface area contributed by atoms with Gasteiger partial charge in [-0.3, -0.25) is 0 Å². The summed E-state index contributed by atoms with van der Waals surface area (Å²) in [4.78, 5) is 10.6. The van der Waals surface area contributed by atoms with Crippen LogP contribution in [0.15, 0.2) is 23.1 Å². The molecule has 1 heterocycles. The Balaban J connectivity index is 2.08. The average Bonchev–Trinajstić information content (AvgIpc) is 2.82. The number of benzene rings is 1. The largest absolute Gasteiger partial charge is 0.492 e. The van der Waals surface area contributed by atoms with E-state index in [1.807, 2.05) is 6.07 Å². The molecule has 0 saturated heterocycles. The van der Waals surface area contributed by atoms with E-state index in [0.717, 1.165) is 5.56 Å². The Kier molecular flexibility index (Phi) is 3.91. The van der Waals surface area contributed by atoms with E-state index in [4.69, 9.17) is 10.5 Å². The summed E-state index contributed by atoms with van der Waals surface area (Å²) in [5.74, 6) is 0.415. The van der Waals surface area contributed by atoms with Gasteiger partial charge in [-0.1, -0.05) is 12.1 Å².